The highest BCUT2D eigenvalue weighted by Gasteiger charge is 2.46. The summed E-state index contributed by atoms with van der Waals surface area (Å²) in [5, 5.41) is 30.1. The quantitative estimate of drug-likeness (QED) is 0.0844. The molecule has 7 heteroatoms. The van der Waals surface area contributed by atoms with E-state index in [0.717, 1.165) is 23.5 Å². The van der Waals surface area contributed by atoms with Crippen LogP contribution in [0.4, 0.5) is 11.5 Å². The molecular weight excluding hydrogens is 821 g/mol. The molecule has 0 fully saturated rings. The van der Waals surface area contributed by atoms with Crippen LogP contribution < -0.4 is 31.8 Å². The second-order valence-electron chi connectivity index (χ2n) is 15.6. The molecule has 0 radical (unpaired) electrons. The van der Waals surface area contributed by atoms with Crippen LogP contribution in [0, 0.1) is 0 Å². The maximum Gasteiger partial charge on any atom is 0.178 e. The topological polar surface area (TPSA) is 78.1 Å². The van der Waals surface area contributed by atoms with Crippen molar-refractivity contribution in [3.8, 4) is 11.5 Å². The standard InChI is InChI=1S/C57H45N3O2P2/c61-55-35-33-44(42-63(48-20-7-1-8-21-48,49-22-9-2-10-23-49)50-24-11-3-12-25-50)38-46(55)40-59-54-32-19-37-58-57(54)60-41-47-39-45(34-36-56(47)62)43-64(51-26-13-4-14-27-51,52-28-15-5-16-29-52)53-30-17-6-18-31-53/h1-41H,42-43H2/p+2. The lowest BCUT2D eigenvalue weighted by atomic mass is 10.1. The van der Waals surface area contributed by atoms with Crippen molar-refractivity contribution in [2.45, 2.75) is 12.3 Å². The highest BCUT2D eigenvalue weighted by atomic mass is 31.2. The van der Waals surface area contributed by atoms with Crippen LogP contribution in [-0.4, -0.2) is 27.6 Å². The molecule has 0 bridgehead atoms. The zero-order valence-corrected chi connectivity index (χ0v) is 37.0. The number of rotatable bonds is 14. The Morgan fingerprint density at radius 3 is 1.05 bits per heavy atom. The fourth-order valence-electron chi connectivity index (χ4n) is 8.55. The number of aliphatic imine (C=N–C) groups is 2. The number of nitrogens with zero attached hydrogens (tertiary/aromatic N) is 3. The van der Waals surface area contributed by atoms with Gasteiger partial charge in [-0.15, -0.1) is 0 Å². The molecule has 9 rings (SSSR count). The maximum absolute atomic E-state index is 11.2. The van der Waals surface area contributed by atoms with Gasteiger partial charge in [0.15, 0.2) is 5.82 Å². The predicted molar refractivity (Wildman–Crippen MR) is 273 cm³/mol. The lowest BCUT2D eigenvalue weighted by molar-refractivity contribution is 0.474. The number of hydrogen-bond donors (Lipinski definition) is 2. The molecule has 0 aliphatic rings. The molecule has 0 saturated carbocycles. The predicted octanol–water partition coefficient (Wildman–Crippen LogP) is 11.0. The normalized spacial score (nSPS) is 11.9. The Morgan fingerprint density at radius 1 is 0.375 bits per heavy atom. The van der Waals surface area contributed by atoms with Gasteiger partial charge in [-0.25, -0.2) is 9.98 Å². The summed E-state index contributed by atoms with van der Waals surface area (Å²) in [6.45, 7) is 0. The molecule has 0 saturated heterocycles. The molecule has 0 spiro atoms. The van der Waals surface area contributed by atoms with Crippen LogP contribution in [0.25, 0.3) is 0 Å². The first-order valence-corrected chi connectivity index (χ1v) is 25.2. The molecule has 0 amide bonds. The SMILES string of the molecule is Oc1ccc(C[P+](c2ccccc2)(c2ccccc2)c2ccccc2)cc1C=Nc1cccnc1N=Cc1cc(C[P+](c2ccccc2)(c2ccccc2)c2ccccc2)ccc1O. The third-order valence-electron chi connectivity index (χ3n) is 11.6. The van der Waals surface area contributed by atoms with Gasteiger partial charge in [0.1, 0.15) is 63.5 Å². The zero-order chi connectivity index (χ0) is 43.6. The van der Waals surface area contributed by atoms with Crippen molar-refractivity contribution >= 4 is 70.3 Å². The van der Waals surface area contributed by atoms with Crippen LogP contribution in [0.3, 0.4) is 0 Å². The minimum atomic E-state index is -2.18. The van der Waals surface area contributed by atoms with Crippen LogP contribution in [0.5, 0.6) is 11.5 Å². The van der Waals surface area contributed by atoms with Gasteiger partial charge in [-0.2, -0.15) is 0 Å². The molecular formula is C57H47N3O2P2+2. The van der Waals surface area contributed by atoms with E-state index in [2.05, 4.69) is 187 Å². The van der Waals surface area contributed by atoms with Gasteiger partial charge in [0.2, 0.25) is 0 Å². The van der Waals surface area contributed by atoms with Crippen LogP contribution in [0.15, 0.2) is 247 Å². The van der Waals surface area contributed by atoms with Gasteiger partial charge in [0.05, 0.1) is 12.3 Å². The lowest BCUT2D eigenvalue weighted by Gasteiger charge is -2.28. The minimum Gasteiger partial charge on any atom is -0.507 e. The zero-order valence-electron chi connectivity index (χ0n) is 35.2. The average Bonchev–Trinajstić information content (AvgIpc) is 3.37. The molecule has 64 heavy (non-hydrogen) atoms. The van der Waals surface area contributed by atoms with Gasteiger partial charge in [-0.3, -0.25) is 4.99 Å². The first kappa shape index (κ1) is 42.0. The summed E-state index contributed by atoms with van der Waals surface area (Å²) >= 11 is 0. The van der Waals surface area contributed by atoms with E-state index in [0.29, 0.717) is 22.6 Å². The molecule has 2 N–H and O–H groups in total. The van der Waals surface area contributed by atoms with E-state index in [1.165, 1.54) is 31.8 Å². The molecule has 1 heterocycles. The molecule has 0 unspecified atom stereocenters. The van der Waals surface area contributed by atoms with E-state index in [4.69, 9.17) is 9.98 Å². The molecule has 5 nitrogen and oxygen atoms in total. The monoisotopic (exact) mass is 867 g/mol. The Balaban J connectivity index is 1.03. The van der Waals surface area contributed by atoms with Crippen LogP contribution in [0.2, 0.25) is 0 Å². The van der Waals surface area contributed by atoms with Crippen molar-refractivity contribution in [3.05, 3.63) is 259 Å². The fraction of sp³-hybridized carbons (Fsp3) is 0.0351. The molecule has 8 aromatic carbocycles. The summed E-state index contributed by atoms with van der Waals surface area (Å²) in [6, 6.07) is 80.0. The Labute approximate surface area is 376 Å². The van der Waals surface area contributed by atoms with Crippen LogP contribution >= 0.6 is 14.5 Å². The van der Waals surface area contributed by atoms with Crippen molar-refractivity contribution in [1.29, 1.82) is 0 Å². The average molecular weight is 868 g/mol. The Bertz CT molecular complexity index is 2610. The summed E-state index contributed by atoms with van der Waals surface area (Å²) in [6.07, 6.45) is 6.52. The number of aromatic hydroxyl groups is 2. The summed E-state index contributed by atoms with van der Waals surface area (Å²) in [5.41, 5.74) is 3.87. The second-order valence-corrected chi connectivity index (χ2v) is 22.6. The van der Waals surface area contributed by atoms with E-state index in [-0.39, 0.29) is 11.5 Å². The van der Waals surface area contributed by atoms with Gasteiger partial charge in [-0.05, 0) is 120 Å². The van der Waals surface area contributed by atoms with Gasteiger partial charge in [0, 0.05) is 29.8 Å². The lowest BCUT2D eigenvalue weighted by Crippen LogP contribution is -2.32. The second kappa shape index (κ2) is 19.4. The summed E-state index contributed by atoms with van der Waals surface area (Å²) in [4.78, 5) is 14.2. The fourth-order valence-corrected chi connectivity index (χ4v) is 17.0. The first-order chi connectivity index (χ1) is 31.5. The summed E-state index contributed by atoms with van der Waals surface area (Å²) in [7, 11) is -4.35. The van der Waals surface area contributed by atoms with E-state index >= 15 is 0 Å². The third-order valence-corrected chi connectivity index (χ3v) is 20.4. The number of phenolic OH excluding ortho intramolecular Hbond substituents is 2. The maximum atomic E-state index is 11.2. The largest absolute Gasteiger partial charge is 0.507 e. The molecule has 0 atom stereocenters. The Kier molecular flexibility index (Phi) is 12.7. The van der Waals surface area contributed by atoms with E-state index < -0.39 is 14.5 Å². The van der Waals surface area contributed by atoms with E-state index in [1.54, 1.807) is 30.8 Å². The van der Waals surface area contributed by atoms with Crippen molar-refractivity contribution in [2.24, 2.45) is 9.98 Å². The van der Waals surface area contributed by atoms with Gasteiger partial charge in [-0.1, -0.05) is 121 Å². The van der Waals surface area contributed by atoms with Crippen molar-refractivity contribution in [2.75, 3.05) is 0 Å². The van der Waals surface area contributed by atoms with Crippen molar-refractivity contribution < 1.29 is 10.2 Å². The van der Waals surface area contributed by atoms with Crippen molar-refractivity contribution in [1.82, 2.24) is 4.98 Å². The molecule has 1 aromatic heterocycles. The smallest absolute Gasteiger partial charge is 0.178 e. The Hall–Kier alpha value is -7.29. The molecule has 0 aliphatic carbocycles. The van der Waals surface area contributed by atoms with E-state index in [9.17, 15) is 10.2 Å². The number of hydrogen-bond acceptors (Lipinski definition) is 5. The number of benzene rings is 8. The van der Waals surface area contributed by atoms with Gasteiger partial charge in [0.25, 0.3) is 0 Å². The first-order valence-electron chi connectivity index (χ1n) is 21.3. The minimum absolute atomic E-state index is 0.124. The number of pyridine rings is 1. The summed E-state index contributed by atoms with van der Waals surface area (Å²) in [5.74, 6) is 0.645. The Morgan fingerprint density at radius 2 is 0.703 bits per heavy atom. The number of aromatic nitrogens is 1. The molecule has 9 aromatic rings. The van der Waals surface area contributed by atoms with E-state index in [1.807, 2.05) is 36.4 Å². The van der Waals surface area contributed by atoms with Crippen molar-refractivity contribution in [3.63, 3.8) is 0 Å². The molecule has 0 aliphatic heterocycles. The molecule has 310 valence electrons. The third kappa shape index (κ3) is 8.83. The summed E-state index contributed by atoms with van der Waals surface area (Å²) < 4.78 is 0. The number of phenols is 2. The highest BCUT2D eigenvalue weighted by Crippen LogP contribution is 2.59. The van der Waals surface area contributed by atoms with Gasteiger partial charge < -0.3 is 10.2 Å². The van der Waals surface area contributed by atoms with Crippen LogP contribution in [0.1, 0.15) is 22.3 Å². The van der Waals surface area contributed by atoms with Gasteiger partial charge >= 0.3 is 0 Å². The van der Waals surface area contributed by atoms with Crippen LogP contribution in [-0.2, 0) is 12.3 Å². The highest BCUT2D eigenvalue weighted by molar-refractivity contribution is 7.95.